The molecule has 1 heterocycles. The van der Waals surface area contributed by atoms with Gasteiger partial charge in [-0.2, -0.15) is 0 Å². The zero-order valence-corrected chi connectivity index (χ0v) is 16.2. The molecule has 0 saturated heterocycles. The third kappa shape index (κ3) is 7.97. The van der Waals surface area contributed by atoms with Crippen LogP contribution in [0.5, 0.6) is 0 Å². The highest BCUT2D eigenvalue weighted by atomic mass is 79.9. The SMILES string of the molecule is CC.CNc1ncc(Br)cc1CN(CC=O)C(=O)OC(C)(C)C. The van der Waals surface area contributed by atoms with Gasteiger partial charge in [-0.1, -0.05) is 13.8 Å². The zero-order valence-electron chi connectivity index (χ0n) is 14.6. The highest BCUT2D eigenvalue weighted by Gasteiger charge is 2.23. The predicted octanol–water partition coefficient (Wildman–Crippen LogP) is 3.85. The highest BCUT2D eigenvalue weighted by Crippen LogP contribution is 2.20. The van der Waals surface area contributed by atoms with Gasteiger partial charge in [-0.25, -0.2) is 9.78 Å². The number of pyridine rings is 1. The normalized spacial score (nSPS) is 10.2. The van der Waals surface area contributed by atoms with Gasteiger partial charge >= 0.3 is 6.09 Å². The van der Waals surface area contributed by atoms with E-state index in [1.54, 1.807) is 34.0 Å². The maximum atomic E-state index is 12.1. The molecule has 0 unspecified atom stereocenters. The van der Waals surface area contributed by atoms with Gasteiger partial charge in [-0.15, -0.1) is 0 Å². The molecule has 0 aliphatic rings. The Labute approximate surface area is 146 Å². The van der Waals surface area contributed by atoms with E-state index in [1.807, 2.05) is 19.9 Å². The molecule has 6 nitrogen and oxygen atoms in total. The van der Waals surface area contributed by atoms with Crippen LogP contribution in [0.3, 0.4) is 0 Å². The summed E-state index contributed by atoms with van der Waals surface area (Å²) in [7, 11) is 1.75. The molecule has 1 N–H and O–H groups in total. The second-order valence-corrected chi connectivity index (χ2v) is 6.35. The van der Waals surface area contributed by atoms with E-state index in [4.69, 9.17) is 4.74 Å². The number of nitrogens with one attached hydrogen (secondary N) is 1. The molecule has 7 heteroatoms. The number of hydrogen-bond donors (Lipinski definition) is 1. The molecule has 1 aromatic heterocycles. The fraction of sp³-hybridized carbons (Fsp3) is 0.562. The molecule has 0 aliphatic heterocycles. The number of halogens is 1. The molecule has 0 spiro atoms. The van der Waals surface area contributed by atoms with Gasteiger partial charge < -0.3 is 14.8 Å². The quantitative estimate of drug-likeness (QED) is 0.776. The number of carbonyl (C=O) groups excluding carboxylic acids is 2. The van der Waals surface area contributed by atoms with E-state index < -0.39 is 11.7 Å². The van der Waals surface area contributed by atoms with E-state index in [9.17, 15) is 9.59 Å². The first-order chi connectivity index (χ1) is 10.8. The summed E-state index contributed by atoms with van der Waals surface area (Å²) in [6, 6.07) is 1.85. The molecular formula is C16H26BrN3O3. The van der Waals surface area contributed by atoms with Crippen molar-refractivity contribution >= 4 is 34.1 Å². The number of ether oxygens (including phenoxy) is 1. The second-order valence-electron chi connectivity index (χ2n) is 5.44. The third-order valence-electron chi connectivity index (χ3n) is 2.48. The van der Waals surface area contributed by atoms with E-state index >= 15 is 0 Å². The van der Waals surface area contributed by atoms with Crippen LogP contribution in [-0.2, 0) is 16.1 Å². The first kappa shape index (κ1) is 21.4. The monoisotopic (exact) mass is 387 g/mol. The summed E-state index contributed by atoms with van der Waals surface area (Å²) in [5, 5.41) is 2.96. The lowest BCUT2D eigenvalue weighted by Crippen LogP contribution is -2.37. The largest absolute Gasteiger partial charge is 0.444 e. The second kappa shape index (κ2) is 10.2. The van der Waals surface area contributed by atoms with E-state index in [2.05, 4.69) is 26.2 Å². The molecule has 1 rings (SSSR count). The Hall–Kier alpha value is -1.63. The van der Waals surface area contributed by atoms with Gasteiger partial charge in [0.1, 0.15) is 17.7 Å². The van der Waals surface area contributed by atoms with Crippen molar-refractivity contribution in [2.45, 2.75) is 46.8 Å². The Morgan fingerprint density at radius 2 is 2.04 bits per heavy atom. The fourth-order valence-electron chi connectivity index (χ4n) is 1.65. The Bertz CT molecular complexity index is 516. The number of aromatic nitrogens is 1. The average Bonchev–Trinajstić information content (AvgIpc) is 2.47. The number of aldehydes is 1. The maximum absolute atomic E-state index is 12.1. The molecule has 1 amide bonds. The van der Waals surface area contributed by atoms with Crippen molar-refractivity contribution in [1.82, 2.24) is 9.88 Å². The van der Waals surface area contributed by atoms with Crippen molar-refractivity contribution in [1.29, 1.82) is 0 Å². The van der Waals surface area contributed by atoms with Crippen molar-refractivity contribution in [2.75, 3.05) is 18.9 Å². The van der Waals surface area contributed by atoms with Crippen LogP contribution >= 0.6 is 15.9 Å². The van der Waals surface area contributed by atoms with Crippen LogP contribution in [0.2, 0.25) is 0 Å². The van der Waals surface area contributed by atoms with Crippen LogP contribution in [0, 0.1) is 0 Å². The van der Waals surface area contributed by atoms with E-state index in [1.165, 1.54) is 4.90 Å². The van der Waals surface area contributed by atoms with Crippen LogP contribution < -0.4 is 5.32 Å². The van der Waals surface area contributed by atoms with Crippen LogP contribution in [0.4, 0.5) is 10.6 Å². The first-order valence-corrected chi connectivity index (χ1v) is 8.30. The minimum atomic E-state index is -0.612. The van der Waals surface area contributed by atoms with E-state index in [0.29, 0.717) is 12.1 Å². The number of amides is 1. The smallest absolute Gasteiger partial charge is 0.410 e. The Balaban J connectivity index is 0.00000232. The molecule has 0 atom stereocenters. The maximum Gasteiger partial charge on any atom is 0.410 e. The lowest BCUT2D eigenvalue weighted by atomic mass is 10.2. The van der Waals surface area contributed by atoms with Gasteiger partial charge in [-0.3, -0.25) is 4.90 Å². The van der Waals surface area contributed by atoms with Gasteiger partial charge in [0.2, 0.25) is 0 Å². The Morgan fingerprint density at radius 3 is 2.52 bits per heavy atom. The summed E-state index contributed by atoms with van der Waals surface area (Å²) in [6.45, 7) is 9.54. The summed E-state index contributed by atoms with van der Waals surface area (Å²) < 4.78 is 6.10. The third-order valence-corrected chi connectivity index (χ3v) is 2.91. The summed E-state index contributed by atoms with van der Waals surface area (Å²) in [5.41, 5.74) is 0.180. The number of rotatable bonds is 5. The minimum Gasteiger partial charge on any atom is -0.444 e. The van der Waals surface area contributed by atoms with E-state index in [-0.39, 0.29) is 13.1 Å². The molecule has 23 heavy (non-hydrogen) atoms. The predicted molar refractivity (Wildman–Crippen MR) is 95.5 cm³/mol. The topological polar surface area (TPSA) is 71.5 Å². The van der Waals surface area contributed by atoms with Crippen molar-refractivity contribution in [3.63, 3.8) is 0 Å². The first-order valence-electron chi connectivity index (χ1n) is 7.50. The molecule has 0 aromatic carbocycles. The zero-order chi connectivity index (χ0) is 18.0. The number of hydrogen-bond acceptors (Lipinski definition) is 5. The van der Waals surface area contributed by atoms with Gasteiger partial charge in [0, 0.05) is 23.3 Å². The molecule has 0 radical (unpaired) electrons. The van der Waals surface area contributed by atoms with Crippen LogP contribution in [-0.4, -0.2) is 41.5 Å². The highest BCUT2D eigenvalue weighted by molar-refractivity contribution is 9.10. The molecule has 0 aliphatic carbocycles. The lowest BCUT2D eigenvalue weighted by molar-refractivity contribution is -0.109. The number of carbonyl (C=O) groups is 2. The molecule has 130 valence electrons. The van der Waals surface area contributed by atoms with Gasteiger partial charge in [0.25, 0.3) is 0 Å². The van der Waals surface area contributed by atoms with Crippen molar-refractivity contribution < 1.29 is 14.3 Å². The average molecular weight is 388 g/mol. The van der Waals surface area contributed by atoms with Gasteiger partial charge in [-0.05, 0) is 42.8 Å². The van der Waals surface area contributed by atoms with Crippen molar-refractivity contribution in [2.24, 2.45) is 0 Å². The summed E-state index contributed by atoms with van der Waals surface area (Å²) >= 11 is 3.35. The fourth-order valence-corrected chi connectivity index (χ4v) is 2.03. The molecule has 0 saturated carbocycles. The number of anilines is 1. The summed E-state index contributed by atoms with van der Waals surface area (Å²) in [4.78, 5) is 28.5. The van der Waals surface area contributed by atoms with Gasteiger partial charge in [0.05, 0.1) is 13.1 Å². The van der Waals surface area contributed by atoms with Crippen LogP contribution in [0.25, 0.3) is 0 Å². The van der Waals surface area contributed by atoms with Crippen molar-refractivity contribution in [3.05, 3.63) is 22.3 Å². The molecular weight excluding hydrogens is 362 g/mol. The standard InChI is InChI=1S/C14H20BrN3O3.C2H6/c1-14(2,3)21-13(20)18(5-6-19)9-10-7-11(15)8-17-12(10)16-4;1-2/h6-8H,5,9H2,1-4H3,(H,16,17);1-2H3. The lowest BCUT2D eigenvalue weighted by Gasteiger charge is -2.26. The Morgan fingerprint density at radius 1 is 1.43 bits per heavy atom. The number of nitrogens with zero attached hydrogens (tertiary/aromatic N) is 2. The van der Waals surface area contributed by atoms with E-state index in [0.717, 1.165) is 10.0 Å². The molecule has 1 aromatic rings. The van der Waals surface area contributed by atoms with Crippen LogP contribution in [0.15, 0.2) is 16.7 Å². The summed E-state index contributed by atoms with van der Waals surface area (Å²) in [5.74, 6) is 0.651. The van der Waals surface area contributed by atoms with Crippen molar-refractivity contribution in [3.8, 4) is 0 Å². The van der Waals surface area contributed by atoms with Crippen LogP contribution in [0.1, 0.15) is 40.2 Å². The van der Waals surface area contributed by atoms with Gasteiger partial charge in [0.15, 0.2) is 0 Å². The Kier molecular flexibility index (Phi) is 9.48. The molecule has 0 fully saturated rings. The minimum absolute atomic E-state index is 0.0371. The summed E-state index contributed by atoms with van der Waals surface area (Å²) in [6.07, 6.45) is 1.80. The molecule has 0 bridgehead atoms.